The van der Waals surface area contributed by atoms with Gasteiger partial charge in [0.05, 0.1) is 0 Å². The molecular weight excluding hydrogens is 193 g/mol. The Bertz CT molecular complexity index is 315. The van der Waals surface area contributed by atoms with E-state index in [1.807, 2.05) is 10.8 Å². The average molecular weight is 211 g/mol. The third-order valence-corrected chi connectivity index (χ3v) is 3.12. The minimum atomic E-state index is -1.05. The van der Waals surface area contributed by atoms with Crippen LogP contribution in [0, 0.1) is 0 Å². The van der Waals surface area contributed by atoms with Gasteiger partial charge in [-0.05, 0) is 32.9 Å². The van der Waals surface area contributed by atoms with E-state index in [1.54, 1.807) is 6.20 Å². The summed E-state index contributed by atoms with van der Waals surface area (Å²) < 4.78 is 16.4. The summed E-state index contributed by atoms with van der Waals surface area (Å²) >= 11 is 0. The largest absolute Gasteiger partial charge is 0.335 e. The number of aromatic nitrogens is 2. The van der Waals surface area contributed by atoms with E-state index in [0.717, 1.165) is 25.5 Å². The van der Waals surface area contributed by atoms with Gasteiger partial charge in [-0.25, -0.2) is 9.37 Å². The Balaban J connectivity index is 2.06. The lowest BCUT2D eigenvalue weighted by Crippen LogP contribution is -2.40. The Morgan fingerprint density at radius 1 is 1.53 bits per heavy atom. The average Bonchev–Trinajstić information content (AvgIpc) is 2.65. The van der Waals surface area contributed by atoms with Gasteiger partial charge in [0.2, 0.25) is 0 Å². The van der Waals surface area contributed by atoms with Crippen LogP contribution in [0.5, 0.6) is 0 Å². The quantitative estimate of drug-likeness (QED) is 0.822. The number of nitrogens with one attached hydrogen (secondary N) is 1. The molecule has 1 fully saturated rings. The summed E-state index contributed by atoms with van der Waals surface area (Å²) in [7, 11) is 0. The summed E-state index contributed by atoms with van der Waals surface area (Å²) in [5.41, 5.74) is -1.05. The van der Waals surface area contributed by atoms with E-state index >= 15 is 0 Å². The van der Waals surface area contributed by atoms with Crippen molar-refractivity contribution in [2.24, 2.45) is 0 Å². The highest BCUT2D eigenvalue weighted by Gasteiger charge is 2.33. The highest BCUT2D eigenvalue weighted by Crippen LogP contribution is 2.27. The maximum absolute atomic E-state index is 14.4. The molecule has 0 spiro atoms. The van der Waals surface area contributed by atoms with Crippen LogP contribution in [-0.2, 0) is 13.0 Å². The summed E-state index contributed by atoms with van der Waals surface area (Å²) in [6.45, 7) is 4.48. The number of hydrogen-bond acceptors (Lipinski definition) is 2. The minimum absolute atomic E-state index is 0.454. The predicted molar refractivity (Wildman–Crippen MR) is 57.5 cm³/mol. The van der Waals surface area contributed by atoms with Gasteiger partial charge in [0.25, 0.3) is 0 Å². The number of rotatable bonds is 3. The van der Waals surface area contributed by atoms with Crippen molar-refractivity contribution in [1.82, 2.24) is 14.9 Å². The van der Waals surface area contributed by atoms with Crippen molar-refractivity contribution in [2.75, 3.05) is 13.1 Å². The second-order valence-electron chi connectivity index (χ2n) is 4.21. The molecule has 1 N–H and O–H groups in total. The summed E-state index contributed by atoms with van der Waals surface area (Å²) in [5, 5.41) is 3.18. The van der Waals surface area contributed by atoms with Crippen LogP contribution in [0.4, 0.5) is 4.39 Å². The van der Waals surface area contributed by atoms with Gasteiger partial charge in [0, 0.05) is 25.4 Å². The fourth-order valence-electron chi connectivity index (χ4n) is 2.13. The number of aryl methyl sites for hydroxylation is 1. The van der Waals surface area contributed by atoms with Crippen LogP contribution in [0.25, 0.3) is 0 Å². The molecule has 0 unspecified atom stereocenters. The number of hydrogen-bond donors (Lipinski definition) is 1. The number of nitrogens with zero attached hydrogens (tertiary/aromatic N) is 2. The number of alkyl halides is 1. The summed E-state index contributed by atoms with van der Waals surface area (Å²) in [6, 6.07) is 0. The van der Waals surface area contributed by atoms with E-state index in [9.17, 15) is 4.39 Å². The molecule has 2 heterocycles. The Kier molecular flexibility index (Phi) is 3.05. The molecule has 4 heteroatoms. The Morgan fingerprint density at radius 3 is 2.93 bits per heavy atom. The first-order valence-corrected chi connectivity index (χ1v) is 5.63. The van der Waals surface area contributed by atoms with E-state index < -0.39 is 5.67 Å². The lowest BCUT2D eigenvalue weighted by atomic mass is 9.91. The molecule has 0 radical (unpaired) electrons. The lowest BCUT2D eigenvalue weighted by molar-refractivity contribution is 0.112. The van der Waals surface area contributed by atoms with Crippen molar-refractivity contribution in [3.8, 4) is 0 Å². The second-order valence-corrected chi connectivity index (χ2v) is 4.21. The van der Waals surface area contributed by atoms with Crippen LogP contribution in [0.3, 0.4) is 0 Å². The molecule has 1 saturated heterocycles. The molecule has 84 valence electrons. The van der Waals surface area contributed by atoms with Gasteiger partial charge in [-0.1, -0.05) is 0 Å². The van der Waals surface area contributed by atoms with Gasteiger partial charge >= 0.3 is 0 Å². The molecule has 0 aliphatic carbocycles. The fraction of sp³-hybridized carbons (Fsp3) is 0.727. The molecule has 0 saturated carbocycles. The maximum atomic E-state index is 14.4. The summed E-state index contributed by atoms with van der Waals surface area (Å²) in [6.07, 6.45) is 5.33. The van der Waals surface area contributed by atoms with E-state index in [2.05, 4.69) is 17.2 Å². The number of imidazole rings is 1. The lowest BCUT2D eigenvalue weighted by Gasteiger charge is -2.29. The van der Waals surface area contributed by atoms with Crippen LogP contribution in [0.2, 0.25) is 0 Å². The van der Waals surface area contributed by atoms with Gasteiger partial charge in [0.1, 0.15) is 11.5 Å². The van der Waals surface area contributed by atoms with Crippen LogP contribution < -0.4 is 5.32 Å². The van der Waals surface area contributed by atoms with Crippen LogP contribution in [-0.4, -0.2) is 28.3 Å². The van der Waals surface area contributed by atoms with Crippen LogP contribution >= 0.6 is 0 Å². The Hall–Kier alpha value is -0.900. The van der Waals surface area contributed by atoms with Gasteiger partial charge in [-0.2, -0.15) is 0 Å². The zero-order chi connectivity index (χ0) is 10.7. The molecule has 3 nitrogen and oxygen atoms in total. The van der Waals surface area contributed by atoms with Crippen molar-refractivity contribution in [3.05, 3.63) is 18.2 Å². The molecule has 15 heavy (non-hydrogen) atoms. The van der Waals surface area contributed by atoms with Crippen molar-refractivity contribution in [1.29, 1.82) is 0 Å². The van der Waals surface area contributed by atoms with Gasteiger partial charge in [-0.15, -0.1) is 0 Å². The molecule has 1 aromatic heterocycles. The van der Waals surface area contributed by atoms with Crippen molar-refractivity contribution < 1.29 is 4.39 Å². The smallest absolute Gasteiger partial charge is 0.120 e. The van der Waals surface area contributed by atoms with Crippen LogP contribution in [0.1, 0.15) is 25.6 Å². The molecule has 0 amide bonds. The zero-order valence-electron chi connectivity index (χ0n) is 9.17. The Morgan fingerprint density at radius 2 is 2.27 bits per heavy atom. The van der Waals surface area contributed by atoms with Gasteiger partial charge in [-0.3, -0.25) is 0 Å². The molecule has 2 rings (SSSR count). The normalized spacial score (nSPS) is 20.4. The SMILES string of the molecule is CCn1ccnc1CC1(F)CCNCC1. The fourth-order valence-corrected chi connectivity index (χ4v) is 2.13. The first-order chi connectivity index (χ1) is 7.23. The Labute approximate surface area is 89.7 Å². The molecule has 0 atom stereocenters. The maximum Gasteiger partial charge on any atom is 0.120 e. The van der Waals surface area contributed by atoms with E-state index in [-0.39, 0.29) is 0 Å². The second kappa shape index (κ2) is 4.31. The highest BCUT2D eigenvalue weighted by atomic mass is 19.1. The van der Waals surface area contributed by atoms with Crippen molar-refractivity contribution >= 4 is 0 Å². The van der Waals surface area contributed by atoms with E-state index in [1.165, 1.54) is 0 Å². The predicted octanol–water partition coefficient (Wildman–Crippen LogP) is 1.54. The highest BCUT2D eigenvalue weighted by molar-refractivity contribution is 5.00. The first kappa shape index (κ1) is 10.6. The standard InChI is InChI=1S/C11H18FN3/c1-2-15-8-7-14-10(15)9-11(12)3-5-13-6-4-11/h7-8,13H,2-6,9H2,1H3. The zero-order valence-corrected chi connectivity index (χ0v) is 9.17. The topological polar surface area (TPSA) is 29.9 Å². The molecule has 0 bridgehead atoms. The monoisotopic (exact) mass is 211 g/mol. The van der Waals surface area contributed by atoms with Crippen molar-refractivity contribution in [3.63, 3.8) is 0 Å². The van der Waals surface area contributed by atoms with Gasteiger partial charge in [0.15, 0.2) is 0 Å². The van der Waals surface area contributed by atoms with E-state index in [0.29, 0.717) is 19.3 Å². The van der Waals surface area contributed by atoms with E-state index in [4.69, 9.17) is 0 Å². The third kappa shape index (κ3) is 2.37. The summed E-state index contributed by atoms with van der Waals surface area (Å²) in [4.78, 5) is 4.23. The summed E-state index contributed by atoms with van der Waals surface area (Å²) in [5.74, 6) is 0.877. The molecule has 1 aliphatic rings. The molecular formula is C11H18FN3. The third-order valence-electron chi connectivity index (χ3n) is 3.12. The molecule has 1 aliphatic heterocycles. The molecule has 0 aromatic carbocycles. The molecule has 1 aromatic rings. The van der Waals surface area contributed by atoms with Gasteiger partial charge < -0.3 is 9.88 Å². The minimum Gasteiger partial charge on any atom is -0.335 e. The van der Waals surface area contributed by atoms with Crippen molar-refractivity contribution in [2.45, 2.75) is 38.4 Å². The number of halogens is 1. The first-order valence-electron chi connectivity index (χ1n) is 5.63. The number of piperidine rings is 1. The van der Waals surface area contributed by atoms with Crippen LogP contribution in [0.15, 0.2) is 12.4 Å².